The molecule has 3 N–H and O–H groups in total. The van der Waals surface area contributed by atoms with Crippen molar-refractivity contribution in [3.8, 4) is 0 Å². The van der Waals surface area contributed by atoms with Gasteiger partial charge in [-0.25, -0.2) is 4.79 Å². The Bertz CT molecular complexity index is 765. The number of H-pyrrole nitrogens is 1. The number of nitrogen functional groups attached to an aromatic ring is 1. The highest BCUT2D eigenvalue weighted by molar-refractivity contribution is 7.16. The first-order valence-electron chi connectivity index (χ1n) is 7.02. The van der Waals surface area contributed by atoms with E-state index in [4.69, 9.17) is 17.3 Å². The summed E-state index contributed by atoms with van der Waals surface area (Å²) in [4.78, 5) is 29.1. The Labute approximate surface area is 137 Å². The van der Waals surface area contributed by atoms with Crippen LogP contribution in [0.4, 0.5) is 11.5 Å². The van der Waals surface area contributed by atoms with Crippen LogP contribution in [0.5, 0.6) is 0 Å². The average Bonchev–Trinajstić information content (AvgIpc) is 2.83. The third kappa shape index (κ3) is 3.53. The molecule has 0 aromatic carbocycles. The van der Waals surface area contributed by atoms with Crippen molar-refractivity contribution in [1.29, 1.82) is 0 Å². The van der Waals surface area contributed by atoms with Crippen molar-refractivity contribution >= 4 is 34.4 Å². The molecule has 0 aliphatic heterocycles. The number of aromatic nitrogens is 2. The lowest BCUT2D eigenvalue weighted by molar-refractivity contribution is 0.603. The molecule has 0 unspecified atom stereocenters. The molecule has 6 nitrogen and oxygen atoms in total. The molecule has 0 radical (unpaired) electrons. The summed E-state index contributed by atoms with van der Waals surface area (Å²) in [5, 5.41) is 0. The summed E-state index contributed by atoms with van der Waals surface area (Å²) in [6, 6.07) is 3.71. The second kappa shape index (κ2) is 7.02. The third-order valence-corrected chi connectivity index (χ3v) is 4.57. The van der Waals surface area contributed by atoms with E-state index < -0.39 is 11.2 Å². The Balaban J connectivity index is 2.36. The van der Waals surface area contributed by atoms with E-state index >= 15 is 0 Å². The number of rotatable bonds is 6. The van der Waals surface area contributed by atoms with Crippen LogP contribution in [0.25, 0.3) is 0 Å². The van der Waals surface area contributed by atoms with Crippen LogP contribution < -0.4 is 21.9 Å². The molecule has 0 bridgehead atoms. The van der Waals surface area contributed by atoms with Crippen molar-refractivity contribution in [1.82, 2.24) is 9.55 Å². The SMILES string of the molecule is CCCCn1c(N)c(N(C)Cc2ccc(Cl)s2)c(=O)[nH]c1=O. The number of halogens is 1. The van der Waals surface area contributed by atoms with E-state index in [0.29, 0.717) is 23.1 Å². The predicted octanol–water partition coefficient (Wildman–Crippen LogP) is 2.27. The van der Waals surface area contributed by atoms with Gasteiger partial charge in [0.15, 0.2) is 0 Å². The van der Waals surface area contributed by atoms with E-state index in [1.54, 1.807) is 11.9 Å². The third-order valence-electron chi connectivity index (χ3n) is 3.35. The van der Waals surface area contributed by atoms with Gasteiger partial charge in [-0.1, -0.05) is 24.9 Å². The Kier molecular flexibility index (Phi) is 5.31. The Morgan fingerprint density at radius 3 is 2.73 bits per heavy atom. The molecule has 0 spiro atoms. The maximum absolute atomic E-state index is 12.1. The van der Waals surface area contributed by atoms with E-state index in [1.807, 2.05) is 19.1 Å². The van der Waals surface area contributed by atoms with Crippen LogP contribution in [-0.2, 0) is 13.1 Å². The van der Waals surface area contributed by atoms with Crippen LogP contribution in [0.15, 0.2) is 21.7 Å². The van der Waals surface area contributed by atoms with Gasteiger partial charge in [0.25, 0.3) is 5.56 Å². The summed E-state index contributed by atoms with van der Waals surface area (Å²) in [7, 11) is 1.77. The summed E-state index contributed by atoms with van der Waals surface area (Å²) < 4.78 is 2.11. The van der Waals surface area contributed by atoms with Crippen LogP contribution >= 0.6 is 22.9 Å². The molecule has 0 aliphatic carbocycles. The minimum atomic E-state index is -0.472. The highest BCUT2D eigenvalue weighted by atomic mass is 35.5. The maximum Gasteiger partial charge on any atom is 0.330 e. The molecule has 2 aromatic rings. The van der Waals surface area contributed by atoms with Crippen LogP contribution in [-0.4, -0.2) is 16.6 Å². The highest BCUT2D eigenvalue weighted by Crippen LogP contribution is 2.24. The van der Waals surface area contributed by atoms with E-state index in [-0.39, 0.29) is 5.82 Å². The molecule has 22 heavy (non-hydrogen) atoms. The second-order valence-electron chi connectivity index (χ2n) is 5.06. The molecule has 0 saturated carbocycles. The van der Waals surface area contributed by atoms with Crippen molar-refractivity contribution in [2.24, 2.45) is 0 Å². The first-order chi connectivity index (χ1) is 10.4. The zero-order valence-corrected chi connectivity index (χ0v) is 14.1. The monoisotopic (exact) mass is 342 g/mol. The summed E-state index contributed by atoms with van der Waals surface area (Å²) in [5.74, 6) is 0.201. The number of nitrogens with one attached hydrogen (secondary N) is 1. The van der Waals surface area contributed by atoms with Gasteiger partial charge in [0, 0.05) is 18.5 Å². The van der Waals surface area contributed by atoms with Gasteiger partial charge in [-0.05, 0) is 18.6 Å². The summed E-state index contributed by atoms with van der Waals surface area (Å²) in [5.41, 5.74) is 5.43. The number of nitrogens with two attached hydrogens (primary N) is 1. The van der Waals surface area contributed by atoms with E-state index in [0.717, 1.165) is 17.7 Å². The second-order valence-corrected chi connectivity index (χ2v) is 6.86. The molecule has 2 heterocycles. The number of aromatic amines is 1. The molecule has 0 saturated heterocycles. The minimum absolute atomic E-state index is 0.201. The molecule has 0 aliphatic rings. The zero-order chi connectivity index (χ0) is 16.3. The Morgan fingerprint density at radius 1 is 1.41 bits per heavy atom. The maximum atomic E-state index is 12.1. The van der Waals surface area contributed by atoms with Gasteiger partial charge in [0.1, 0.15) is 11.5 Å². The van der Waals surface area contributed by atoms with Gasteiger partial charge < -0.3 is 10.6 Å². The fraction of sp³-hybridized carbons (Fsp3) is 0.429. The normalized spacial score (nSPS) is 10.9. The number of hydrogen-bond acceptors (Lipinski definition) is 5. The van der Waals surface area contributed by atoms with Crippen molar-refractivity contribution < 1.29 is 0 Å². The quantitative estimate of drug-likeness (QED) is 0.843. The molecule has 2 aromatic heterocycles. The molecule has 0 amide bonds. The average molecular weight is 343 g/mol. The van der Waals surface area contributed by atoms with Crippen LogP contribution in [0.1, 0.15) is 24.6 Å². The van der Waals surface area contributed by atoms with Crippen LogP contribution in [0, 0.1) is 0 Å². The number of anilines is 2. The van der Waals surface area contributed by atoms with E-state index in [2.05, 4.69) is 4.98 Å². The lowest BCUT2D eigenvalue weighted by atomic mass is 10.3. The smallest absolute Gasteiger partial charge is 0.330 e. The van der Waals surface area contributed by atoms with Crippen molar-refractivity contribution in [2.45, 2.75) is 32.9 Å². The van der Waals surface area contributed by atoms with E-state index in [9.17, 15) is 9.59 Å². The zero-order valence-electron chi connectivity index (χ0n) is 12.6. The molecule has 0 fully saturated rings. The fourth-order valence-electron chi connectivity index (χ4n) is 2.23. The van der Waals surface area contributed by atoms with Crippen LogP contribution in [0.2, 0.25) is 4.34 Å². The number of thiophene rings is 1. The van der Waals surface area contributed by atoms with E-state index in [1.165, 1.54) is 15.9 Å². The van der Waals surface area contributed by atoms with Crippen molar-refractivity contribution in [2.75, 3.05) is 17.7 Å². The topological polar surface area (TPSA) is 84.1 Å². The highest BCUT2D eigenvalue weighted by Gasteiger charge is 2.16. The Morgan fingerprint density at radius 2 is 2.14 bits per heavy atom. The van der Waals surface area contributed by atoms with Crippen molar-refractivity contribution in [3.05, 3.63) is 42.2 Å². The molecule has 120 valence electrons. The minimum Gasteiger partial charge on any atom is -0.383 e. The lowest BCUT2D eigenvalue weighted by Crippen LogP contribution is -2.36. The standard InChI is InChI=1S/C14H19ClN4O2S/c1-3-4-7-19-12(16)11(13(20)17-14(19)21)18(2)8-9-5-6-10(15)22-9/h5-6H,3-4,7-8,16H2,1-2H3,(H,17,20,21). The van der Waals surface area contributed by atoms with Gasteiger partial charge in [-0.2, -0.15) is 0 Å². The largest absolute Gasteiger partial charge is 0.383 e. The lowest BCUT2D eigenvalue weighted by Gasteiger charge is -2.21. The van der Waals surface area contributed by atoms with Gasteiger partial charge >= 0.3 is 5.69 Å². The number of unbranched alkanes of at least 4 members (excludes halogenated alkanes) is 1. The predicted molar refractivity (Wildman–Crippen MR) is 92.1 cm³/mol. The number of hydrogen-bond donors (Lipinski definition) is 2. The summed E-state index contributed by atoms with van der Waals surface area (Å²) >= 11 is 7.36. The van der Waals surface area contributed by atoms with Gasteiger partial charge in [0.2, 0.25) is 0 Å². The fourth-order valence-corrected chi connectivity index (χ4v) is 3.38. The van der Waals surface area contributed by atoms with Gasteiger partial charge in [0.05, 0.1) is 10.9 Å². The summed E-state index contributed by atoms with van der Waals surface area (Å²) in [6.45, 7) is 3.01. The van der Waals surface area contributed by atoms with Crippen LogP contribution in [0.3, 0.4) is 0 Å². The molecule has 0 atom stereocenters. The summed E-state index contributed by atoms with van der Waals surface area (Å²) in [6.07, 6.45) is 1.75. The molecule has 2 rings (SSSR count). The molecular weight excluding hydrogens is 324 g/mol. The van der Waals surface area contributed by atoms with Gasteiger partial charge in [-0.15, -0.1) is 11.3 Å². The molecular formula is C14H19ClN4O2S. The van der Waals surface area contributed by atoms with Gasteiger partial charge in [-0.3, -0.25) is 14.3 Å². The first kappa shape index (κ1) is 16.6. The number of nitrogens with zero attached hydrogens (tertiary/aromatic N) is 2. The van der Waals surface area contributed by atoms with Crippen molar-refractivity contribution in [3.63, 3.8) is 0 Å². The first-order valence-corrected chi connectivity index (χ1v) is 8.21. The molecule has 8 heteroatoms. The Hall–Kier alpha value is -1.73.